The van der Waals surface area contributed by atoms with Gasteiger partial charge < -0.3 is 26.2 Å². The second-order valence-corrected chi connectivity index (χ2v) is 9.34. The van der Waals surface area contributed by atoms with Crippen LogP contribution in [-0.4, -0.2) is 87.9 Å². The van der Waals surface area contributed by atoms with Crippen LogP contribution in [0.25, 0.3) is 0 Å². The summed E-state index contributed by atoms with van der Waals surface area (Å²) in [6.07, 6.45) is 2.99. The molecule has 0 bridgehead atoms. The minimum Gasteiger partial charge on any atom is -0.481 e. The maximum absolute atomic E-state index is 13.3. The molecule has 0 spiro atoms. The monoisotopic (exact) mass is 518 g/mol. The minimum absolute atomic E-state index is 0.191. The highest BCUT2D eigenvalue weighted by Gasteiger charge is 2.38. The Kier molecular flexibility index (Phi) is 12.2. The highest BCUT2D eigenvalue weighted by molar-refractivity contribution is 6.03. The number of carbonyl (C=O) groups excluding carboxylic acids is 3. The van der Waals surface area contributed by atoms with Gasteiger partial charge >= 0.3 is 11.9 Å². The summed E-state index contributed by atoms with van der Waals surface area (Å²) in [7, 11) is 0. The molecule has 1 aromatic rings. The number of piperidine rings is 1. The van der Waals surface area contributed by atoms with E-state index in [0.717, 1.165) is 32.4 Å². The van der Waals surface area contributed by atoms with Crippen molar-refractivity contribution in [3.63, 3.8) is 0 Å². The van der Waals surface area contributed by atoms with Crippen LogP contribution in [0.15, 0.2) is 30.3 Å². The Morgan fingerprint density at radius 2 is 1.70 bits per heavy atom. The van der Waals surface area contributed by atoms with Gasteiger partial charge in [-0.05, 0) is 57.2 Å². The van der Waals surface area contributed by atoms with E-state index < -0.39 is 48.8 Å². The van der Waals surface area contributed by atoms with Crippen molar-refractivity contribution in [3.8, 4) is 0 Å². The third kappa shape index (κ3) is 9.58. The summed E-state index contributed by atoms with van der Waals surface area (Å²) < 4.78 is 0. The topological polar surface area (TPSA) is 170 Å². The number of nitrogens with zero attached hydrogens (tertiary/aromatic N) is 2. The number of imide groups is 1. The SMILES string of the molecule is CCN(CC(=O)N(C(=O)C(N)CC(=O)O)C(Cc1ccccc1)C(=O)O)C(=O)CCCC1CCNCC1. The summed E-state index contributed by atoms with van der Waals surface area (Å²) in [6.45, 7) is 3.31. The van der Waals surface area contributed by atoms with Crippen LogP contribution in [0.5, 0.6) is 0 Å². The fourth-order valence-corrected chi connectivity index (χ4v) is 4.52. The number of nitrogens with two attached hydrogens (primary N) is 1. The van der Waals surface area contributed by atoms with Gasteiger partial charge in [0.05, 0.1) is 12.5 Å². The summed E-state index contributed by atoms with van der Waals surface area (Å²) in [5.41, 5.74) is 6.31. The van der Waals surface area contributed by atoms with E-state index in [0.29, 0.717) is 22.8 Å². The van der Waals surface area contributed by atoms with Gasteiger partial charge in [-0.25, -0.2) is 4.79 Å². The van der Waals surface area contributed by atoms with Crippen LogP contribution in [0.2, 0.25) is 0 Å². The van der Waals surface area contributed by atoms with Crippen LogP contribution < -0.4 is 11.1 Å². The Morgan fingerprint density at radius 3 is 2.27 bits per heavy atom. The van der Waals surface area contributed by atoms with E-state index in [2.05, 4.69) is 5.32 Å². The number of amides is 3. The first kappa shape index (κ1) is 29.9. The fourth-order valence-electron chi connectivity index (χ4n) is 4.52. The number of nitrogens with one attached hydrogen (secondary N) is 1. The van der Waals surface area contributed by atoms with Gasteiger partial charge in [-0.1, -0.05) is 30.3 Å². The molecule has 2 unspecified atom stereocenters. The average Bonchev–Trinajstić information content (AvgIpc) is 2.87. The van der Waals surface area contributed by atoms with Crippen molar-refractivity contribution in [2.75, 3.05) is 26.2 Å². The zero-order valence-corrected chi connectivity index (χ0v) is 21.3. The molecule has 5 N–H and O–H groups in total. The molecule has 1 aliphatic heterocycles. The highest BCUT2D eigenvalue weighted by Crippen LogP contribution is 2.19. The lowest BCUT2D eigenvalue weighted by Gasteiger charge is -2.31. The van der Waals surface area contributed by atoms with Crippen molar-refractivity contribution in [1.82, 2.24) is 15.1 Å². The molecule has 0 radical (unpaired) electrons. The molecule has 1 aliphatic rings. The van der Waals surface area contributed by atoms with E-state index in [1.807, 2.05) is 0 Å². The molecule has 2 rings (SSSR count). The summed E-state index contributed by atoms with van der Waals surface area (Å²) in [6, 6.07) is 5.21. The largest absolute Gasteiger partial charge is 0.481 e. The van der Waals surface area contributed by atoms with Gasteiger partial charge in [-0.2, -0.15) is 0 Å². The van der Waals surface area contributed by atoms with Crippen molar-refractivity contribution in [1.29, 1.82) is 0 Å². The molecule has 0 saturated carbocycles. The first-order valence-corrected chi connectivity index (χ1v) is 12.7. The third-order valence-electron chi connectivity index (χ3n) is 6.61. The lowest BCUT2D eigenvalue weighted by Crippen LogP contribution is -2.57. The van der Waals surface area contributed by atoms with Crippen molar-refractivity contribution >= 4 is 29.7 Å². The summed E-state index contributed by atoms with van der Waals surface area (Å²) in [4.78, 5) is 64.4. The molecular formula is C26H38N4O7. The number of carbonyl (C=O) groups is 5. The lowest BCUT2D eigenvalue weighted by molar-refractivity contribution is -0.160. The molecule has 11 nitrogen and oxygen atoms in total. The number of aliphatic carboxylic acids is 2. The van der Waals surface area contributed by atoms with Crippen molar-refractivity contribution < 1.29 is 34.2 Å². The van der Waals surface area contributed by atoms with Crippen LogP contribution in [0.4, 0.5) is 0 Å². The van der Waals surface area contributed by atoms with Crippen molar-refractivity contribution in [2.24, 2.45) is 11.7 Å². The quantitative estimate of drug-likeness (QED) is 0.279. The fraction of sp³-hybridized carbons (Fsp3) is 0.577. The number of hydrogen-bond donors (Lipinski definition) is 4. The zero-order valence-electron chi connectivity index (χ0n) is 21.3. The predicted octanol–water partition coefficient (Wildman–Crippen LogP) is 0.858. The molecule has 1 fully saturated rings. The van der Waals surface area contributed by atoms with Gasteiger partial charge in [-0.3, -0.25) is 24.1 Å². The second-order valence-electron chi connectivity index (χ2n) is 9.34. The van der Waals surface area contributed by atoms with Crippen LogP contribution >= 0.6 is 0 Å². The Balaban J connectivity index is 2.17. The van der Waals surface area contributed by atoms with Gasteiger partial charge in [0.15, 0.2) is 0 Å². The summed E-state index contributed by atoms with van der Waals surface area (Å²) in [5.74, 6) is -4.52. The molecule has 3 amide bonds. The van der Waals surface area contributed by atoms with E-state index >= 15 is 0 Å². The van der Waals surface area contributed by atoms with Crippen LogP contribution in [0.1, 0.15) is 51.0 Å². The molecule has 1 aromatic carbocycles. The average molecular weight is 519 g/mol. The predicted molar refractivity (Wildman–Crippen MR) is 135 cm³/mol. The Labute approximate surface area is 217 Å². The number of carboxylic acids is 2. The molecule has 0 aliphatic carbocycles. The highest BCUT2D eigenvalue weighted by atomic mass is 16.4. The molecule has 1 heterocycles. The van der Waals surface area contributed by atoms with E-state index in [-0.39, 0.29) is 25.3 Å². The molecule has 11 heteroatoms. The van der Waals surface area contributed by atoms with E-state index in [1.165, 1.54) is 4.90 Å². The van der Waals surface area contributed by atoms with Crippen LogP contribution in [-0.2, 0) is 30.4 Å². The standard InChI is InChI=1S/C26H38N4O7/c1-2-29(22(31)10-6-9-18-11-13-28-14-12-18)17-23(32)30(25(35)20(27)16-24(33)34)21(26(36)37)15-19-7-4-3-5-8-19/h3-5,7-8,18,20-21,28H,2,6,9-17,27H2,1H3,(H,33,34)(H,36,37). The van der Waals surface area contributed by atoms with Gasteiger partial charge in [0.2, 0.25) is 17.7 Å². The second kappa shape index (κ2) is 15.1. The first-order valence-electron chi connectivity index (χ1n) is 12.7. The number of rotatable bonds is 14. The molecule has 1 saturated heterocycles. The molecular weight excluding hydrogens is 480 g/mol. The van der Waals surface area contributed by atoms with Crippen LogP contribution in [0, 0.1) is 5.92 Å². The van der Waals surface area contributed by atoms with Crippen molar-refractivity contribution in [2.45, 2.75) is 64.0 Å². The Morgan fingerprint density at radius 1 is 1.05 bits per heavy atom. The van der Waals surface area contributed by atoms with E-state index in [9.17, 15) is 29.1 Å². The third-order valence-corrected chi connectivity index (χ3v) is 6.61. The molecule has 204 valence electrons. The van der Waals surface area contributed by atoms with Crippen molar-refractivity contribution in [3.05, 3.63) is 35.9 Å². The number of likely N-dealkylation sites (N-methyl/N-ethyl adjacent to an activating group) is 1. The summed E-state index contributed by atoms with van der Waals surface area (Å²) >= 11 is 0. The maximum atomic E-state index is 13.3. The van der Waals surface area contributed by atoms with Crippen LogP contribution in [0.3, 0.4) is 0 Å². The number of hydrogen-bond acceptors (Lipinski definition) is 7. The first-order chi connectivity index (χ1) is 17.6. The van der Waals surface area contributed by atoms with E-state index in [1.54, 1.807) is 37.3 Å². The normalized spacial score (nSPS) is 15.4. The Bertz CT molecular complexity index is 934. The van der Waals surface area contributed by atoms with Gasteiger partial charge in [0, 0.05) is 19.4 Å². The molecule has 0 aromatic heterocycles. The number of benzene rings is 1. The van der Waals surface area contributed by atoms with Gasteiger partial charge in [-0.15, -0.1) is 0 Å². The van der Waals surface area contributed by atoms with Gasteiger partial charge in [0.25, 0.3) is 0 Å². The Hall–Kier alpha value is -3.31. The maximum Gasteiger partial charge on any atom is 0.327 e. The number of carboxylic acid groups (broad SMARTS) is 2. The lowest BCUT2D eigenvalue weighted by atomic mass is 9.92. The molecule has 2 atom stereocenters. The van der Waals surface area contributed by atoms with E-state index in [4.69, 9.17) is 10.8 Å². The summed E-state index contributed by atoms with van der Waals surface area (Å²) in [5, 5.41) is 22.3. The minimum atomic E-state index is -1.62. The zero-order chi connectivity index (χ0) is 27.4. The smallest absolute Gasteiger partial charge is 0.327 e. The molecule has 37 heavy (non-hydrogen) atoms. The van der Waals surface area contributed by atoms with Gasteiger partial charge in [0.1, 0.15) is 12.6 Å².